The molecule has 0 saturated heterocycles. The number of ether oxygens (including phenoxy) is 2. The molecule has 0 rings (SSSR count). The number of nitrogens with zero attached hydrogens (tertiary/aromatic N) is 3. The second kappa shape index (κ2) is 8.77. The van der Waals surface area contributed by atoms with E-state index in [9.17, 15) is 14.8 Å². The highest BCUT2D eigenvalue weighted by molar-refractivity contribution is 5.73. The van der Waals surface area contributed by atoms with Crippen molar-refractivity contribution in [2.24, 2.45) is 11.2 Å². The molecule has 10 nitrogen and oxygen atoms in total. The van der Waals surface area contributed by atoms with Crippen LogP contribution in [0.3, 0.4) is 0 Å². The van der Waals surface area contributed by atoms with Crippen molar-refractivity contribution in [1.29, 1.82) is 0 Å². The molecule has 0 aromatic heterocycles. The molecule has 0 heterocycles. The van der Waals surface area contributed by atoms with Crippen molar-refractivity contribution in [3.05, 3.63) is 5.21 Å². The number of rotatable bonds is 8. The Morgan fingerprint density at radius 2 is 2.10 bits per heavy atom. The van der Waals surface area contributed by atoms with Crippen LogP contribution in [-0.4, -0.2) is 54.2 Å². The van der Waals surface area contributed by atoms with E-state index in [0.717, 1.165) is 12.1 Å². The fourth-order valence-electron chi connectivity index (χ4n) is 1.37. The molecule has 0 aromatic rings. The molecule has 10 heteroatoms. The highest BCUT2D eigenvalue weighted by Gasteiger charge is 2.33. The molecule has 0 fully saturated rings. The third kappa shape index (κ3) is 5.59. The van der Waals surface area contributed by atoms with E-state index >= 15 is 0 Å². The molecular weight excluding hydrogens is 274 g/mol. The maximum Gasteiger partial charge on any atom is 0.510 e. The number of carboxylic acid groups (broad SMARTS) is 1. The summed E-state index contributed by atoms with van der Waals surface area (Å²) in [5, 5.41) is 24.6. The number of hydrogen-bond acceptors (Lipinski definition) is 7. The standard InChI is InChI=1S/C10H19N3O7/c1-5-7(2)8(9(14)15)12(3)13(17)11-20-6-19-10(16)18-4/h7-8H,5-6H2,1-4H3,(H,14,15)/t7-,8+/m1/s1. The number of hydrogen-bond donors (Lipinski definition) is 1. The quantitative estimate of drug-likeness (QED) is 0.175. The van der Waals surface area contributed by atoms with E-state index in [0.29, 0.717) is 6.42 Å². The van der Waals surface area contributed by atoms with Gasteiger partial charge in [-0.2, -0.15) is 0 Å². The zero-order valence-electron chi connectivity index (χ0n) is 11.8. The molecule has 116 valence electrons. The van der Waals surface area contributed by atoms with Crippen LogP contribution in [0, 0.1) is 11.1 Å². The van der Waals surface area contributed by atoms with E-state index < -0.39 is 25.0 Å². The molecule has 0 aliphatic rings. The number of carbonyl (C=O) groups is 2. The van der Waals surface area contributed by atoms with E-state index in [4.69, 9.17) is 5.11 Å². The molecule has 0 aromatic carbocycles. The minimum Gasteiger partial charge on any atom is -0.569 e. The molecule has 0 bridgehead atoms. The molecule has 0 spiro atoms. The Morgan fingerprint density at radius 3 is 2.55 bits per heavy atom. The molecule has 0 aliphatic carbocycles. The van der Waals surface area contributed by atoms with Crippen LogP contribution in [0.4, 0.5) is 4.79 Å². The first kappa shape index (κ1) is 17.7. The highest BCUT2D eigenvalue weighted by atomic mass is 16.8. The number of carboxylic acids is 1. The van der Waals surface area contributed by atoms with Crippen LogP contribution < -0.4 is 0 Å². The molecule has 1 N–H and O–H groups in total. The van der Waals surface area contributed by atoms with Gasteiger partial charge in [0.2, 0.25) is 5.28 Å². The van der Waals surface area contributed by atoms with Gasteiger partial charge in [0, 0.05) is 0 Å². The maximum atomic E-state index is 11.5. The Balaban J connectivity index is 4.52. The number of carbonyl (C=O) groups excluding carboxylic acids is 1. The lowest BCUT2D eigenvalue weighted by atomic mass is 9.99. The van der Waals surface area contributed by atoms with Gasteiger partial charge in [-0.05, 0) is 5.92 Å². The molecular formula is C10H19N3O7. The molecule has 20 heavy (non-hydrogen) atoms. The third-order valence-electron chi connectivity index (χ3n) is 2.63. The normalized spacial score (nSPS) is 14.1. The van der Waals surface area contributed by atoms with Gasteiger partial charge in [-0.25, -0.2) is 9.59 Å². The lowest BCUT2D eigenvalue weighted by Gasteiger charge is -2.24. The largest absolute Gasteiger partial charge is 0.569 e. The minimum atomic E-state index is -1.15. The van der Waals surface area contributed by atoms with Gasteiger partial charge in [0.05, 0.1) is 19.1 Å². The van der Waals surface area contributed by atoms with Crippen molar-refractivity contribution >= 4 is 12.1 Å². The first-order valence-corrected chi connectivity index (χ1v) is 5.81. The third-order valence-corrected chi connectivity index (χ3v) is 2.63. The second-order valence-electron chi connectivity index (χ2n) is 3.92. The minimum absolute atomic E-state index is 0.0222. The Labute approximate surface area is 116 Å². The van der Waals surface area contributed by atoms with Gasteiger partial charge in [-0.3, -0.25) is 0 Å². The molecule has 2 atom stereocenters. The fraction of sp³-hybridized carbons (Fsp3) is 0.800. The maximum absolute atomic E-state index is 11.5. The van der Waals surface area contributed by atoms with E-state index in [2.05, 4.69) is 19.6 Å². The van der Waals surface area contributed by atoms with Crippen molar-refractivity contribution in [2.45, 2.75) is 26.3 Å². The fourth-order valence-corrected chi connectivity index (χ4v) is 1.37. The first-order chi connectivity index (χ1) is 9.34. The number of aliphatic carboxylic acids is 1. The van der Waals surface area contributed by atoms with Gasteiger partial charge in [0.25, 0.3) is 6.79 Å². The van der Waals surface area contributed by atoms with Crippen LogP contribution in [0.1, 0.15) is 20.3 Å². The van der Waals surface area contributed by atoms with Crippen LogP contribution in [0.25, 0.3) is 0 Å². The summed E-state index contributed by atoms with van der Waals surface area (Å²) in [6.45, 7) is 2.88. The SMILES string of the molecule is CC[C@@H](C)[C@@H](C(=O)O)N(C)[N+]([O-])=NOCOC(=O)OC. The number of hydrazine groups is 1. The van der Waals surface area contributed by atoms with Crippen molar-refractivity contribution in [3.63, 3.8) is 0 Å². The summed E-state index contributed by atoms with van der Waals surface area (Å²) >= 11 is 0. The molecule has 0 aliphatic heterocycles. The smallest absolute Gasteiger partial charge is 0.510 e. The van der Waals surface area contributed by atoms with Crippen molar-refractivity contribution in [2.75, 3.05) is 21.0 Å². The average Bonchev–Trinajstić information content (AvgIpc) is 2.42. The van der Waals surface area contributed by atoms with Gasteiger partial charge in [0.1, 0.15) is 0 Å². The molecule has 0 saturated carbocycles. The van der Waals surface area contributed by atoms with Crippen LogP contribution in [0.5, 0.6) is 0 Å². The summed E-state index contributed by atoms with van der Waals surface area (Å²) in [6.07, 6.45) is -0.421. The molecule has 0 amide bonds. The summed E-state index contributed by atoms with van der Waals surface area (Å²) < 4.78 is 8.48. The van der Waals surface area contributed by atoms with Gasteiger partial charge in [-0.15, -0.1) is 5.01 Å². The Hall–Kier alpha value is -2.26. The van der Waals surface area contributed by atoms with E-state index in [1.165, 1.54) is 7.05 Å². The van der Waals surface area contributed by atoms with Gasteiger partial charge in [0.15, 0.2) is 6.04 Å². The van der Waals surface area contributed by atoms with Crippen LogP contribution in [-0.2, 0) is 19.1 Å². The number of likely N-dealkylation sites (N-methyl/N-ethyl adjacent to an activating group) is 1. The predicted octanol–water partition coefficient (Wildman–Crippen LogP) is 0.967. The summed E-state index contributed by atoms with van der Waals surface area (Å²) in [5.74, 6) is -1.42. The summed E-state index contributed by atoms with van der Waals surface area (Å²) in [7, 11) is 2.38. The van der Waals surface area contributed by atoms with Crippen LogP contribution in [0.15, 0.2) is 5.28 Å². The van der Waals surface area contributed by atoms with Crippen molar-refractivity contribution in [1.82, 2.24) is 5.01 Å². The summed E-state index contributed by atoms with van der Waals surface area (Å²) in [5.41, 5.74) is 0. The zero-order chi connectivity index (χ0) is 15.7. The summed E-state index contributed by atoms with van der Waals surface area (Å²) in [4.78, 5) is 26.1. The molecule has 0 radical (unpaired) electrons. The molecule has 0 unspecified atom stereocenters. The van der Waals surface area contributed by atoms with Gasteiger partial charge >= 0.3 is 12.1 Å². The monoisotopic (exact) mass is 293 g/mol. The second-order valence-corrected chi connectivity index (χ2v) is 3.92. The summed E-state index contributed by atoms with van der Waals surface area (Å²) in [6, 6.07) is -1.05. The lowest BCUT2D eigenvalue weighted by Crippen LogP contribution is -2.46. The van der Waals surface area contributed by atoms with E-state index in [-0.39, 0.29) is 10.9 Å². The first-order valence-electron chi connectivity index (χ1n) is 5.81. The number of methoxy groups -OCH3 is 1. The predicted molar refractivity (Wildman–Crippen MR) is 64.1 cm³/mol. The Morgan fingerprint density at radius 1 is 1.50 bits per heavy atom. The van der Waals surface area contributed by atoms with Gasteiger partial charge < -0.3 is 24.6 Å². The zero-order valence-corrected chi connectivity index (χ0v) is 11.8. The van der Waals surface area contributed by atoms with E-state index in [1.54, 1.807) is 13.8 Å². The van der Waals surface area contributed by atoms with Crippen LogP contribution >= 0.6 is 0 Å². The Kier molecular flexibility index (Phi) is 7.78. The van der Waals surface area contributed by atoms with Gasteiger partial charge in [-0.1, -0.05) is 20.3 Å². The lowest BCUT2D eigenvalue weighted by molar-refractivity contribution is -0.712. The average molecular weight is 293 g/mol. The highest BCUT2D eigenvalue weighted by Crippen LogP contribution is 2.14. The van der Waals surface area contributed by atoms with Crippen LogP contribution in [0.2, 0.25) is 0 Å². The van der Waals surface area contributed by atoms with Crippen molar-refractivity contribution < 1.29 is 34.0 Å². The Bertz CT molecular complexity index is 361. The topological polar surface area (TPSA) is 124 Å². The van der Waals surface area contributed by atoms with E-state index in [1.807, 2.05) is 0 Å². The van der Waals surface area contributed by atoms with Crippen molar-refractivity contribution in [3.8, 4) is 0 Å².